The maximum Gasteiger partial charge on any atom is 0.335 e. The molecule has 0 fully saturated rings. The number of pyridine rings is 1. The number of nitrogens with one attached hydrogen (secondary N) is 1. The SMILES string of the molecule is C#Cc1cccc(Nc2nc3cc(C(=O)O)ccc3c3c2C(C)C/C=C/N=C3)c1. The van der Waals surface area contributed by atoms with Crippen LogP contribution in [0.2, 0.25) is 0 Å². The van der Waals surface area contributed by atoms with E-state index in [0.717, 1.165) is 34.2 Å². The number of carboxylic acids is 1. The molecule has 5 nitrogen and oxygen atoms in total. The van der Waals surface area contributed by atoms with Crippen molar-refractivity contribution in [1.29, 1.82) is 0 Å². The molecule has 0 saturated carbocycles. The number of fused-ring (bicyclic) bond motifs is 3. The highest BCUT2D eigenvalue weighted by atomic mass is 16.4. The molecule has 0 saturated heterocycles. The van der Waals surface area contributed by atoms with Gasteiger partial charge in [0.05, 0.1) is 11.1 Å². The molecule has 2 N–H and O–H groups in total. The van der Waals surface area contributed by atoms with Gasteiger partial charge in [0.25, 0.3) is 0 Å². The van der Waals surface area contributed by atoms with E-state index in [4.69, 9.17) is 11.4 Å². The molecule has 0 spiro atoms. The average Bonchev–Trinajstić information content (AvgIpc) is 2.71. The fourth-order valence-corrected chi connectivity index (χ4v) is 3.56. The van der Waals surface area contributed by atoms with Crippen molar-refractivity contribution in [2.45, 2.75) is 19.3 Å². The Balaban J connectivity index is 1.96. The van der Waals surface area contributed by atoms with Crippen LogP contribution in [-0.2, 0) is 0 Å². The molecule has 0 bridgehead atoms. The molecular weight excluding hydrogens is 362 g/mol. The first kappa shape index (κ1) is 18.5. The molecule has 1 unspecified atom stereocenters. The van der Waals surface area contributed by atoms with Crippen LogP contribution in [0.5, 0.6) is 0 Å². The van der Waals surface area contributed by atoms with Gasteiger partial charge in [-0.25, -0.2) is 9.78 Å². The van der Waals surface area contributed by atoms with E-state index in [2.05, 4.69) is 23.2 Å². The van der Waals surface area contributed by atoms with Crippen LogP contribution in [-0.4, -0.2) is 22.3 Å². The van der Waals surface area contributed by atoms with Crippen molar-refractivity contribution in [3.8, 4) is 12.3 Å². The second-order valence-electron chi connectivity index (χ2n) is 6.97. The van der Waals surface area contributed by atoms with E-state index in [-0.39, 0.29) is 11.5 Å². The highest BCUT2D eigenvalue weighted by molar-refractivity contribution is 6.04. The Morgan fingerprint density at radius 1 is 1.28 bits per heavy atom. The van der Waals surface area contributed by atoms with Gasteiger partial charge in [0.15, 0.2) is 0 Å². The normalized spacial score (nSPS) is 16.3. The highest BCUT2D eigenvalue weighted by Gasteiger charge is 2.20. The van der Waals surface area contributed by atoms with Gasteiger partial charge in [-0.05, 0) is 42.7 Å². The lowest BCUT2D eigenvalue weighted by Gasteiger charge is -2.21. The van der Waals surface area contributed by atoms with Gasteiger partial charge in [-0.2, -0.15) is 0 Å². The minimum absolute atomic E-state index is 0.195. The van der Waals surface area contributed by atoms with Gasteiger partial charge >= 0.3 is 5.97 Å². The summed E-state index contributed by atoms with van der Waals surface area (Å²) in [6, 6.07) is 12.6. The lowest BCUT2D eigenvalue weighted by atomic mass is 9.90. The number of benzene rings is 2. The first-order valence-corrected chi connectivity index (χ1v) is 9.29. The molecule has 4 rings (SSSR count). The van der Waals surface area contributed by atoms with Crippen molar-refractivity contribution in [1.82, 2.24) is 4.98 Å². The van der Waals surface area contributed by atoms with Gasteiger partial charge in [-0.15, -0.1) is 6.42 Å². The number of hydrogen-bond acceptors (Lipinski definition) is 4. The van der Waals surface area contributed by atoms with Gasteiger partial charge in [0.1, 0.15) is 5.82 Å². The second kappa shape index (κ2) is 7.61. The summed E-state index contributed by atoms with van der Waals surface area (Å²) in [4.78, 5) is 20.6. The summed E-state index contributed by atoms with van der Waals surface area (Å²) in [6.07, 6.45) is 12.0. The van der Waals surface area contributed by atoms with Crippen LogP contribution in [0.25, 0.3) is 10.9 Å². The molecule has 1 aromatic heterocycles. The Hall–Kier alpha value is -3.91. The van der Waals surface area contributed by atoms with Crippen molar-refractivity contribution in [3.63, 3.8) is 0 Å². The first-order chi connectivity index (χ1) is 14.1. The van der Waals surface area contributed by atoms with Gasteiger partial charge in [-0.3, -0.25) is 4.99 Å². The Labute approximate surface area is 168 Å². The number of rotatable bonds is 3. The Morgan fingerprint density at radius 3 is 2.93 bits per heavy atom. The number of allylic oxidation sites excluding steroid dienone is 1. The minimum Gasteiger partial charge on any atom is -0.478 e. The van der Waals surface area contributed by atoms with E-state index in [1.165, 1.54) is 0 Å². The summed E-state index contributed by atoms with van der Waals surface area (Å²) in [5.41, 5.74) is 4.37. The number of aliphatic imine (C=N–C) groups is 1. The molecule has 5 heteroatoms. The number of carboxylic acid groups (broad SMARTS) is 1. The monoisotopic (exact) mass is 381 g/mol. The van der Waals surface area contributed by atoms with Crippen molar-refractivity contribution in [3.05, 3.63) is 77.0 Å². The average molecular weight is 381 g/mol. The van der Waals surface area contributed by atoms with Gasteiger partial charge in [0.2, 0.25) is 0 Å². The summed E-state index contributed by atoms with van der Waals surface area (Å²) in [5.74, 6) is 2.53. The number of hydrogen-bond donors (Lipinski definition) is 2. The van der Waals surface area contributed by atoms with Crippen LogP contribution in [0.4, 0.5) is 11.5 Å². The molecule has 2 aromatic carbocycles. The molecular formula is C24H19N3O2. The number of nitrogens with zero attached hydrogens (tertiary/aromatic N) is 2. The molecule has 1 aliphatic rings. The van der Waals surface area contributed by atoms with Crippen LogP contribution in [0.15, 0.2) is 59.7 Å². The number of carbonyl (C=O) groups is 1. The lowest BCUT2D eigenvalue weighted by molar-refractivity contribution is 0.0697. The maximum atomic E-state index is 11.4. The molecule has 3 aromatic rings. The van der Waals surface area contributed by atoms with Crippen molar-refractivity contribution < 1.29 is 9.90 Å². The third-order valence-electron chi connectivity index (χ3n) is 4.98. The third-order valence-corrected chi connectivity index (χ3v) is 4.98. The van der Waals surface area contributed by atoms with Crippen molar-refractivity contribution in [2.24, 2.45) is 4.99 Å². The van der Waals surface area contributed by atoms with Crippen LogP contribution >= 0.6 is 0 Å². The molecule has 1 aliphatic heterocycles. The number of aromatic carboxylic acids is 1. The van der Waals surface area contributed by atoms with Gasteiger partial charge < -0.3 is 10.4 Å². The second-order valence-corrected chi connectivity index (χ2v) is 6.97. The zero-order valence-corrected chi connectivity index (χ0v) is 15.9. The number of terminal acetylenes is 1. The van der Waals surface area contributed by atoms with E-state index in [1.54, 1.807) is 24.4 Å². The largest absolute Gasteiger partial charge is 0.478 e. The predicted molar refractivity (Wildman–Crippen MR) is 116 cm³/mol. The Kier molecular flexibility index (Phi) is 4.84. The smallest absolute Gasteiger partial charge is 0.335 e. The zero-order chi connectivity index (χ0) is 20.4. The summed E-state index contributed by atoms with van der Waals surface area (Å²) in [5, 5.41) is 13.6. The molecule has 0 aliphatic carbocycles. The lowest BCUT2D eigenvalue weighted by Crippen LogP contribution is -2.09. The quantitative estimate of drug-likeness (QED) is 0.619. The topological polar surface area (TPSA) is 74.6 Å². The van der Waals surface area contributed by atoms with E-state index >= 15 is 0 Å². The fraction of sp³-hybridized carbons (Fsp3) is 0.125. The van der Waals surface area contributed by atoms with E-state index in [0.29, 0.717) is 11.3 Å². The molecule has 1 atom stereocenters. The van der Waals surface area contributed by atoms with Crippen LogP contribution < -0.4 is 5.32 Å². The predicted octanol–water partition coefficient (Wildman–Crippen LogP) is 5.10. The molecule has 2 heterocycles. The van der Waals surface area contributed by atoms with E-state index in [9.17, 15) is 9.90 Å². The molecule has 0 amide bonds. The summed E-state index contributed by atoms with van der Waals surface area (Å²) in [7, 11) is 0. The molecule has 142 valence electrons. The number of anilines is 2. The minimum atomic E-state index is -0.985. The summed E-state index contributed by atoms with van der Waals surface area (Å²) >= 11 is 0. The summed E-state index contributed by atoms with van der Waals surface area (Å²) < 4.78 is 0. The highest BCUT2D eigenvalue weighted by Crippen LogP contribution is 2.36. The van der Waals surface area contributed by atoms with Crippen molar-refractivity contribution >= 4 is 34.6 Å². The standard InChI is InChI=1S/C24H19N3O2/c1-3-16-7-4-8-18(12-16)26-23-22-15(2)6-5-11-25-14-20(22)19-10-9-17(24(28)29)13-21(19)27-23/h1,4-5,7-15H,6H2,2H3,(H,26,27)(H,28,29)/b11-5+,25-14?. The van der Waals surface area contributed by atoms with Crippen LogP contribution in [0, 0.1) is 12.3 Å². The molecule has 0 radical (unpaired) electrons. The van der Waals surface area contributed by atoms with Gasteiger partial charge in [0, 0.05) is 40.2 Å². The van der Waals surface area contributed by atoms with E-state index in [1.807, 2.05) is 36.6 Å². The van der Waals surface area contributed by atoms with Crippen LogP contribution in [0.1, 0.15) is 46.3 Å². The number of aromatic nitrogens is 1. The first-order valence-electron chi connectivity index (χ1n) is 9.29. The van der Waals surface area contributed by atoms with Crippen LogP contribution in [0.3, 0.4) is 0 Å². The molecule has 29 heavy (non-hydrogen) atoms. The fourth-order valence-electron chi connectivity index (χ4n) is 3.56. The summed E-state index contributed by atoms with van der Waals surface area (Å²) in [6.45, 7) is 2.14. The third kappa shape index (κ3) is 3.61. The maximum absolute atomic E-state index is 11.4. The van der Waals surface area contributed by atoms with E-state index < -0.39 is 5.97 Å². The zero-order valence-electron chi connectivity index (χ0n) is 15.9. The van der Waals surface area contributed by atoms with Crippen molar-refractivity contribution in [2.75, 3.05) is 5.32 Å². The Bertz CT molecular complexity index is 1220. The van der Waals surface area contributed by atoms with Gasteiger partial charge in [-0.1, -0.05) is 31.1 Å². The Morgan fingerprint density at radius 2 is 2.14 bits per heavy atom.